The Balaban J connectivity index is 0.804. The third-order valence-corrected chi connectivity index (χ3v) is 11.1. The fourth-order valence-corrected chi connectivity index (χ4v) is 8.01. The predicted octanol–water partition coefficient (Wildman–Crippen LogP) is 6.56. The van der Waals surface area contributed by atoms with E-state index in [2.05, 4.69) is 56.0 Å². The van der Waals surface area contributed by atoms with Crippen molar-refractivity contribution in [3.05, 3.63) is 107 Å². The minimum atomic E-state index is -0.258. The van der Waals surface area contributed by atoms with Gasteiger partial charge in [-0.2, -0.15) is 4.52 Å². The number of likely N-dealkylation sites (tertiary alicyclic amines) is 1. The standard InChI is InChI=1S/C40H42ClN9O3/c1-3-37(51)49-25(2)22-33(32-6-4-5-7-34(32)49)42-30-12-14-31(15-13-30)43-38(52)29-23-48(24-29)39(53)28-10-8-26(9-11-28)27-18-20-47(21-19-27)36-17-16-35-44-45-40(41)50(35)46-36/h4-17,25,27,29,33,42H,3,18-24H2,1-2H3,(H,43,52)/t25-,33+/m0/s1. The molecule has 3 aliphatic heterocycles. The molecule has 2 fully saturated rings. The number of benzene rings is 3. The number of hydrogen-bond donors (Lipinski definition) is 2. The summed E-state index contributed by atoms with van der Waals surface area (Å²) in [5, 5.41) is 19.4. The van der Waals surface area contributed by atoms with E-state index in [-0.39, 0.29) is 41.0 Å². The number of para-hydroxylation sites is 1. The first-order chi connectivity index (χ1) is 25.7. The Morgan fingerprint density at radius 1 is 0.868 bits per heavy atom. The van der Waals surface area contributed by atoms with E-state index in [1.54, 1.807) is 9.42 Å². The van der Waals surface area contributed by atoms with E-state index in [4.69, 9.17) is 11.6 Å². The van der Waals surface area contributed by atoms with Crippen LogP contribution in [-0.4, -0.2) is 74.7 Å². The minimum Gasteiger partial charge on any atom is -0.378 e. The smallest absolute Gasteiger partial charge is 0.253 e. The van der Waals surface area contributed by atoms with Crippen LogP contribution < -0.4 is 20.4 Å². The molecular formula is C40H42ClN9O3. The summed E-state index contributed by atoms with van der Waals surface area (Å²) in [6.45, 7) is 6.49. The molecule has 0 unspecified atom stereocenters. The van der Waals surface area contributed by atoms with Crippen LogP contribution in [0.3, 0.4) is 0 Å². The minimum absolute atomic E-state index is 0.0549. The van der Waals surface area contributed by atoms with Gasteiger partial charge in [-0.05, 0) is 109 Å². The first-order valence-electron chi connectivity index (χ1n) is 18.4. The lowest BCUT2D eigenvalue weighted by atomic mass is 9.88. The summed E-state index contributed by atoms with van der Waals surface area (Å²) < 4.78 is 1.55. The lowest BCUT2D eigenvalue weighted by Crippen LogP contribution is -2.54. The number of rotatable bonds is 8. The number of fused-ring (bicyclic) bond motifs is 2. The number of carbonyl (C=O) groups is 3. The SMILES string of the molecule is CCC(=O)N1c2ccccc2[C@H](Nc2ccc(NC(=O)C3CN(C(=O)c4ccc(C5CCN(c6ccc7nnc(Cl)n7n6)CC5)cc4)C3)cc2)C[C@@H]1C. The summed E-state index contributed by atoms with van der Waals surface area (Å²) in [5.74, 6) is 0.974. The van der Waals surface area contributed by atoms with Crippen molar-refractivity contribution in [2.45, 2.75) is 57.5 Å². The number of halogens is 1. The summed E-state index contributed by atoms with van der Waals surface area (Å²) in [5.41, 5.74) is 6.19. The first-order valence-corrected chi connectivity index (χ1v) is 18.7. The monoisotopic (exact) mass is 731 g/mol. The Kier molecular flexibility index (Phi) is 9.46. The van der Waals surface area contributed by atoms with Crippen molar-refractivity contribution in [2.24, 2.45) is 5.92 Å². The van der Waals surface area contributed by atoms with Gasteiger partial charge in [0, 0.05) is 61.3 Å². The van der Waals surface area contributed by atoms with Crippen LogP contribution in [0.2, 0.25) is 5.28 Å². The molecule has 0 saturated carbocycles. The summed E-state index contributed by atoms with van der Waals surface area (Å²) in [6, 6.07) is 27.7. The first kappa shape index (κ1) is 34.6. The Morgan fingerprint density at radius 2 is 1.58 bits per heavy atom. The number of carbonyl (C=O) groups excluding carboxylic acids is 3. The molecule has 8 rings (SSSR count). The van der Waals surface area contributed by atoms with Crippen molar-refractivity contribution in [1.82, 2.24) is 24.7 Å². The highest BCUT2D eigenvalue weighted by Crippen LogP contribution is 2.39. The zero-order valence-electron chi connectivity index (χ0n) is 29.8. The van der Waals surface area contributed by atoms with Crippen molar-refractivity contribution >= 4 is 57.8 Å². The molecule has 3 aromatic carbocycles. The van der Waals surface area contributed by atoms with Crippen LogP contribution in [0.25, 0.3) is 5.65 Å². The van der Waals surface area contributed by atoms with Gasteiger partial charge in [0.1, 0.15) is 5.82 Å². The Labute approximate surface area is 313 Å². The number of anilines is 4. The van der Waals surface area contributed by atoms with Crippen LogP contribution in [0.15, 0.2) is 84.9 Å². The van der Waals surface area contributed by atoms with Crippen molar-refractivity contribution in [1.29, 1.82) is 0 Å². The molecule has 2 saturated heterocycles. The second-order valence-corrected chi connectivity index (χ2v) is 14.6. The summed E-state index contributed by atoms with van der Waals surface area (Å²) >= 11 is 6.11. The van der Waals surface area contributed by atoms with Crippen LogP contribution >= 0.6 is 11.6 Å². The molecule has 272 valence electrons. The molecule has 5 heterocycles. The van der Waals surface area contributed by atoms with Crippen LogP contribution in [0, 0.1) is 5.92 Å². The number of aromatic nitrogens is 4. The quantitative estimate of drug-likeness (QED) is 0.184. The zero-order chi connectivity index (χ0) is 36.6. The third kappa shape index (κ3) is 6.91. The highest BCUT2D eigenvalue weighted by Gasteiger charge is 2.36. The van der Waals surface area contributed by atoms with Gasteiger partial charge in [-0.15, -0.1) is 15.3 Å². The molecule has 2 aromatic heterocycles. The molecule has 3 aliphatic rings. The van der Waals surface area contributed by atoms with E-state index in [0.29, 0.717) is 42.3 Å². The summed E-state index contributed by atoms with van der Waals surface area (Å²) in [6.07, 6.45) is 3.21. The second-order valence-electron chi connectivity index (χ2n) is 14.2. The number of nitrogens with one attached hydrogen (secondary N) is 2. The van der Waals surface area contributed by atoms with Crippen molar-refractivity contribution in [2.75, 3.05) is 46.6 Å². The normalized spacial score (nSPS) is 19.1. The van der Waals surface area contributed by atoms with Crippen LogP contribution in [0.4, 0.5) is 22.9 Å². The molecule has 5 aromatic rings. The molecular weight excluding hydrogens is 690 g/mol. The largest absolute Gasteiger partial charge is 0.378 e. The van der Waals surface area contributed by atoms with Gasteiger partial charge >= 0.3 is 0 Å². The second kappa shape index (κ2) is 14.5. The van der Waals surface area contributed by atoms with Crippen molar-refractivity contribution < 1.29 is 14.4 Å². The van der Waals surface area contributed by atoms with Gasteiger partial charge in [0.15, 0.2) is 5.65 Å². The number of piperidine rings is 1. The van der Waals surface area contributed by atoms with Gasteiger partial charge in [-0.25, -0.2) is 0 Å². The summed E-state index contributed by atoms with van der Waals surface area (Å²) in [7, 11) is 0. The molecule has 0 bridgehead atoms. The van der Waals surface area contributed by atoms with Gasteiger partial charge in [0.05, 0.1) is 12.0 Å². The van der Waals surface area contributed by atoms with Gasteiger partial charge in [0.2, 0.25) is 17.1 Å². The van der Waals surface area contributed by atoms with Gasteiger partial charge in [0.25, 0.3) is 5.91 Å². The molecule has 53 heavy (non-hydrogen) atoms. The maximum Gasteiger partial charge on any atom is 0.253 e. The number of amides is 3. The molecule has 12 nitrogen and oxygen atoms in total. The van der Waals surface area contributed by atoms with E-state index in [1.165, 1.54) is 5.56 Å². The topological polar surface area (TPSA) is 128 Å². The molecule has 0 radical (unpaired) electrons. The van der Waals surface area contributed by atoms with E-state index < -0.39 is 0 Å². The molecule has 2 atom stereocenters. The molecule has 13 heteroatoms. The van der Waals surface area contributed by atoms with Crippen LogP contribution in [-0.2, 0) is 9.59 Å². The van der Waals surface area contributed by atoms with E-state index in [9.17, 15) is 14.4 Å². The zero-order valence-corrected chi connectivity index (χ0v) is 30.5. The predicted molar refractivity (Wildman–Crippen MR) is 206 cm³/mol. The third-order valence-electron chi connectivity index (χ3n) is 10.9. The van der Waals surface area contributed by atoms with Crippen LogP contribution in [0.1, 0.15) is 73.0 Å². The average molecular weight is 732 g/mol. The molecule has 3 amide bonds. The number of nitrogens with zero attached hydrogens (tertiary/aromatic N) is 7. The molecule has 2 N–H and O–H groups in total. The van der Waals surface area contributed by atoms with Gasteiger partial charge < -0.3 is 25.3 Å². The maximum atomic E-state index is 13.2. The maximum absolute atomic E-state index is 13.2. The lowest BCUT2D eigenvalue weighted by Gasteiger charge is -2.40. The highest BCUT2D eigenvalue weighted by atomic mass is 35.5. The fourth-order valence-electron chi connectivity index (χ4n) is 7.85. The Morgan fingerprint density at radius 3 is 2.32 bits per heavy atom. The van der Waals surface area contributed by atoms with E-state index >= 15 is 0 Å². The highest BCUT2D eigenvalue weighted by molar-refractivity contribution is 6.28. The molecule has 0 aliphatic carbocycles. The van der Waals surface area contributed by atoms with E-state index in [1.807, 2.05) is 78.6 Å². The fraction of sp³-hybridized carbons (Fsp3) is 0.350. The number of hydrogen-bond acceptors (Lipinski definition) is 8. The van der Waals surface area contributed by atoms with Gasteiger partial charge in [-0.3, -0.25) is 14.4 Å². The molecule has 0 spiro atoms. The van der Waals surface area contributed by atoms with Crippen molar-refractivity contribution in [3.8, 4) is 0 Å². The van der Waals surface area contributed by atoms with Crippen LogP contribution in [0.5, 0.6) is 0 Å². The average Bonchev–Trinajstić information content (AvgIpc) is 3.54. The Hall–Kier alpha value is -5.49. The summed E-state index contributed by atoms with van der Waals surface area (Å²) in [4.78, 5) is 44.9. The lowest BCUT2D eigenvalue weighted by molar-refractivity contribution is -0.123. The van der Waals surface area contributed by atoms with Gasteiger partial charge in [-0.1, -0.05) is 37.3 Å². The Bertz CT molecular complexity index is 2140. The van der Waals surface area contributed by atoms with Crippen molar-refractivity contribution in [3.63, 3.8) is 0 Å². The van der Waals surface area contributed by atoms with E-state index in [0.717, 1.165) is 55.1 Å².